The highest BCUT2D eigenvalue weighted by molar-refractivity contribution is 5.68. The van der Waals surface area contributed by atoms with Gasteiger partial charge in [0.05, 0.1) is 19.3 Å². The Morgan fingerprint density at radius 3 is 2.54 bits per heavy atom. The van der Waals surface area contributed by atoms with E-state index in [4.69, 9.17) is 4.74 Å². The Morgan fingerprint density at radius 1 is 1.00 bits per heavy atom. The minimum Gasteiger partial charge on any atom is -0.378 e. The molecule has 2 heterocycles. The molecule has 4 rings (SSSR count). The molecule has 0 saturated carbocycles. The highest BCUT2D eigenvalue weighted by Gasteiger charge is 2.35. The van der Waals surface area contributed by atoms with Crippen LogP contribution in [0.3, 0.4) is 0 Å². The number of hydrogen-bond acceptors (Lipinski definition) is 2. The molecule has 2 bridgehead atoms. The summed E-state index contributed by atoms with van der Waals surface area (Å²) < 4.78 is 5.88. The van der Waals surface area contributed by atoms with Crippen molar-refractivity contribution in [1.29, 1.82) is 0 Å². The summed E-state index contributed by atoms with van der Waals surface area (Å²) >= 11 is 0. The maximum Gasteiger partial charge on any atom is 0.0658 e. The third kappa shape index (κ3) is 3.62. The van der Waals surface area contributed by atoms with Crippen molar-refractivity contribution in [2.45, 2.75) is 51.2 Å². The second kappa shape index (κ2) is 7.02. The smallest absolute Gasteiger partial charge is 0.0658 e. The average Bonchev–Trinajstić information content (AvgIpc) is 2.62. The fourth-order valence-electron chi connectivity index (χ4n) is 4.10. The molecule has 2 heteroatoms. The van der Waals surface area contributed by atoms with Gasteiger partial charge in [-0.1, -0.05) is 81.4 Å². The van der Waals surface area contributed by atoms with E-state index in [1.165, 1.54) is 22.3 Å². The summed E-state index contributed by atoms with van der Waals surface area (Å²) in [6.45, 7) is 9.49. The summed E-state index contributed by atoms with van der Waals surface area (Å²) in [5, 5.41) is 0. The zero-order valence-corrected chi connectivity index (χ0v) is 16.1. The van der Waals surface area contributed by atoms with Gasteiger partial charge in [0.2, 0.25) is 0 Å². The van der Waals surface area contributed by atoms with E-state index >= 15 is 0 Å². The predicted molar refractivity (Wildman–Crippen MR) is 108 cm³/mol. The maximum absolute atomic E-state index is 5.88. The van der Waals surface area contributed by atoms with Crippen LogP contribution in [0.2, 0.25) is 0 Å². The van der Waals surface area contributed by atoms with Crippen molar-refractivity contribution in [3.63, 3.8) is 0 Å². The van der Waals surface area contributed by atoms with Crippen molar-refractivity contribution in [3.05, 3.63) is 77.4 Å². The van der Waals surface area contributed by atoms with Gasteiger partial charge in [0, 0.05) is 12.6 Å². The summed E-state index contributed by atoms with van der Waals surface area (Å²) in [5.41, 5.74) is 5.84. The molecule has 0 aromatic heterocycles. The van der Waals surface area contributed by atoms with Crippen LogP contribution in [-0.2, 0) is 16.7 Å². The third-order valence-electron chi connectivity index (χ3n) is 5.65. The molecule has 2 unspecified atom stereocenters. The van der Waals surface area contributed by atoms with E-state index in [-0.39, 0.29) is 5.41 Å². The summed E-state index contributed by atoms with van der Waals surface area (Å²) in [7, 11) is 0. The lowest BCUT2D eigenvalue weighted by Crippen LogP contribution is -2.53. The molecule has 0 N–H and O–H groups in total. The number of rotatable bonds is 3. The van der Waals surface area contributed by atoms with Crippen molar-refractivity contribution < 1.29 is 4.74 Å². The van der Waals surface area contributed by atoms with Gasteiger partial charge in [0.25, 0.3) is 0 Å². The van der Waals surface area contributed by atoms with Crippen molar-refractivity contribution in [2.24, 2.45) is 0 Å². The van der Waals surface area contributed by atoms with Crippen LogP contribution >= 0.6 is 0 Å². The van der Waals surface area contributed by atoms with Crippen LogP contribution in [0.25, 0.3) is 5.57 Å². The van der Waals surface area contributed by atoms with Gasteiger partial charge in [-0.2, -0.15) is 0 Å². The average molecular weight is 348 g/mol. The monoisotopic (exact) mass is 347 g/mol. The molecule has 2 atom stereocenters. The first kappa shape index (κ1) is 17.5. The highest BCUT2D eigenvalue weighted by Crippen LogP contribution is 2.35. The fourth-order valence-corrected chi connectivity index (χ4v) is 4.10. The second-order valence-electron chi connectivity index (χ2n) is 8.64. The lowest BCUT2D eigenvalue weighted by atomic mass is 9.83. The Balaban J connectivity index is 1.61. The van der Waals surface area contributed by atoms with E-state index in [1.54, 1.807) is 0 Å². The van der Waals surface area contributed by atoms with Crippen LogP contribution < -0.4 is 0 Å². The van der Waals surface area contributed by atoms with Gasteiger partial charge in [0.15, 0.2) is 0 Å². The predicted octanol–water partition coefficient (Wildman–Crippen LogP) is 5.04. The fraction of sp³-hybridized carbons (Fsp3) is 0.417. The van der Waals surface area contributed by atoms with Crippen LogP contribution in [0.15, 0.2) is 60.7 Å². The molecule has 26 heavy (non-hydrogen) atoms. The lowest BCUT2D eigenvalue weighted by molar-refractivity contribution is -0.0402. The minimum absolute atomic E-state index is 0.184. The Kier molecular flexibility index (Phi) is 4.73. The number of hydrogen-bond donors (Lipinski definition) is 0. The van der Waals surface area contributed by atoms with E-state index in [0.29, 0.717) is 12.1 Å². The maximum atomic E-state index is 5.88. The summed E-state index contributed by atoms with van der Waals surface area (Å²) in [5.74, 6) is 0. The van der Waals surface area contributed by atoms with Gasteiger partial charge in [-0.15, -0.1) is 0 Å². The van der Waals surface area contributed by atoms with Gasteiger partial charge >= 0.3 is 0 Å². The van der Waals surface area contributed by atoms with Gasteiger partial charge < -0.3 is 4.74 Å². The first-order valence-electron chi connectivity index (χ1n) is 9.70. The number of nitrogens with zero attached hydrogens (tertiary/aromatic N) is 1. The Bertz CT molecular complexity index is 787. The van der Waals surface area contributed by atoms with Crippen molar-refractivity contribution in [1.82, 2.24) is 4.90 Å². The molecule has 0 spiro atoms. The van der Waals surface area contributed by atoms with Crippen LogP contribution in [0.4, 0.5) is 0 Å². The Morgan fingerprint density at radius 2 is 1.81 bits per heavy atom. The third-order valence-corrected chi connectivity index (χ3v) is 5.65. The van der Waals surface area contributed by atoms with Gasteiger partial charge in [-0.25, -0.2) is 0 Å². The molecule has 2 aliphatic heterocycles. The summed E-state index contributed by atoms with van der Waals surface area (Å²) in [6.07, 6.45) is 3.51. The second-order valence-corrected chi connectivity index (χ2v) is 8.64. The highest BCUT2D eigenvalue weighted by atomic mass is 16.5. The van der Waals surface area contributed by atoms with Crippen LogP contribution in [0, 0.1) is 0 Å². The number of fused-ring (bicyclic) bond motifs is 2. The minimum atomic E-state index is 0.184. The summed E-state index contributed by atoms with van der Waals surface area (Å²) in [6, 6.07) is 20.7. The van der Waals surface area contributed by atoms with Gasteiger partial charge in [0.1, 0.15) is 0 Å². The quantitative estimate of drug-likeness (QED) is 0.771. The molecule has 1 fully saturated rings. The van der Waals surface area contributed by atoms with E-state index in [9.17, 15) is 0 Å². The largest absolute Gasteiger partial charge is 0.378 e. The molecule has 136 valence electrons. The molecule has 2 aromatic carbocycles. The molecule has 0 amide bonds. The van der Waals surface area contributed by atoms with Crippen molar-refractivity contribution in [2.75, 3.05) is 13.2 Å². The molecular formula is C24H29NO. The molecule has 2 aromatic rings. The molecule has 0 radical (unpaired) electrons. The van der Waals surface area contributed by atoms with Gasteiger partial charge in [-0.3, -0.25) is 4.90 Å². The molecule has 2 nitrogen and oxygen atoms in total. The molecule has 1 saturated heterocycles. The van der Waals surface area contributed by atoms with Crippen LogP contribution in [-0.4, -0.2) is 30.2 Å². The lowest BCUT2D eigenvalue weighted by Gasteiger charge is -2.45. The molecular weight excluding hydrogens is 318 g/mol. The first-order chi connectivity index (χ1) is 12.5. The van der Waals surface area contributed by atoms with Gasteiger partial charge in [-0.05, 0) is 34.1 Å². The van der Waals surface area contributed by atoms with E-state index in [0.717, 1.165) is 26.2 Å². The van der Waals surface area contributed by atoms with Crippen LogP contribution in [0.1, 0.15) is 43.9 Å². The van der Waals surface area contributed by atoms with Crippen molar-refractivity contribution in [3.8, 4) is 0 Å². The summed E-state index contributed by atoms with van der Waals surface area (Å²) in [4.78, 5) is 2.62. The topological polar surface area (TPSA) is 12.5 Å². The first-order valence-corrected chi connectivity index (χ1v) is 9.70. The van der Waals surface area contributed by atoms with E-state index in [2.05, 4.69) is 86.3 Å². The Labute approximate surface area is 157 Å². The van der Waals surface area contributed by atoms with Crippen molar-refractivity contribution >= 4 is 5.57 Å². The van der Waals surface area contributed by atoms with E-state index < -0.39 is 0 Å². The normalized spacial score (nSPS) is 23.6. The van der Waals surface area contributed by atoms with Crippen LogP contribution in [0.5, 0.6) is 0 Å². The molecule has 0 aliphatic carbocycles. The number of ether oxygens (including phenoxy) is 1. The zero-order valence-electron chi connectivity index (χ0n) is 16.1. The number of morpholine rings is 1. The Hall–Kier alpha value is -1.90. The standard InChI is InChI=1S/C24H29NO/c1-24(2,3)21-11-7-10-19(12-21)20-13-22-16-26-17-23(14-20)25(22)15-18-8-5-4-6-9-18/h4-13,22-23H,14-17H2,1-3H3. The number of benzene rings is 2. The molecule has 2 aliphatic rings. The zero-order chi connectivity index (χ0) is 18.1. The SMILES string of the molecule is CC(C)(C)c1cccc(C2=CC3COCC(C2)N3Cc2ccccc2)c1. The van der Waals surface area contributed by atoms with E-state index in [1.807, 2.05) is 0 Å².